The molecule has 0 radical (unpaired) electrons. The summed E-state index contributed by atoms with van der Waals surface area (Å²) in [6.45, 7) is 9.56. The summed E-state index contributed by atoms with van der Waals surface area (Å²) < 4.78 is 2.86. The van der Waals surface area contributed by atoms with Gasteiger partial charge < -0.3 is 5.32 Å². The highest BCUT2D eigenvalue weighted by atomic mass is 127. The summed E-state index contributed by atoms with van der Waals surface area (Å²) in [7, 11) is 1.90. The molecule has 0 atom stereocenters. The van der Waals surface area contributed by atoms with E-state index in [1.54, 1.807) is 4.68 Å². The summed E-state index contributed by atoms with van der Waals surface area (Å²) >= 11 is 2.33. The van der Waals surface area contributed by atoms with E-state index >= 15 is 0 Å². The molecule has 0 unspecified atom stereocenters. The summed E-state index contributed by atoms with van der Waals surface area (Å²) in [5, 5.41) is 7.82. The van der Waals surface area contributed by atoms with Gasteiger partial charge in [-0.2, -0.15) is 5.10 Å². The van der Waals surface area contributed by atoms with E-state index in [2.05, 4.69) is 65.7 Å². The fourth-order valence-electron chi connectivity index (χ4n) is 1.95. The predicted octanol–water partition coefficient (Wildman–Crippen LogP) is 3.60. The Balaban J connectivity index is 2.55. The van der Waals surface area contributed by atoms with Crippen molar-refractivity contribution in [3.63, 3.8) is 0 Å². The van der Waals surface area contributed by atoms with Crippen molar-refractivity contribution in [2.45, 2.75) is 39.5 Å². The van der Waals surface area contributed by atoms with Gasteiger partial charge in [-0.15, -0.1) is 0 Å². The third-order valence-electron chi connectivity index (χ3n) is 3.05. The number of aromatic nitrogens is 4. The number of rotatable bonds is 4. The molecule has 2 heterocycles. The second kappa shape index (κ2) is 6.29. The van der Waals surface area contributed by atoms with Gasteiger partial charge in [0.25, 0.3) is 0 Å². The maximum atomic E-state index is 4.76. The number of hydrogen-bond donors (Lipinski definition) is 1. The molecule has 0 saturated heterocycles. The summed E-state index contributed by atoms with van der Waals surface area (Å²) in [5.41, 5.74) is 1.82. The minimum absolute atomic E-state index is 0.0361. The van der Waals surface area contributed by atoms with Gasteiger partial charge in [-0.1, -0.05) is 27.7 Å². The maximum Gasteiger partial charge on any atom is 0.182 e. The van der Waals surface area contributed by atoms with Crippen LogP contribution in [-0.2, 0) is 12.5 Å². The molecular weight excluding hydrogens is 377 g/mol. The van der Waals surface area contributed by atoms with E-state index in [0.29, 0.717) is 5.82 Å². The monoisotopic (exact) mass is 399 g/mol. The van der Waals surface area contributed by atoms with Crippen LogP contribution in [0.15, 0.2) is 12.3 Å². The first-order valence-corrected chi connectivity index (χ1v) is 8.22. The molecular formula is C15H22IN5. The lowest BCUT2D eigenvalue weighted by Gasteiger charge is -2.21. The molecule has 0 aromatic carbocycles. The van der Waals surface area contributed by atoms with Gasteiger partial charge in [0.2, 0.25) is 0 Å². The summed E-state index contributed by atoms with van der Waals surface area (Å²) in [4.78, 5) is 9.42. The minimum atomic E-state index is -0.0361. The molecule has 0 bridgehead atoms. The SMILES string of the molecule is CCCNc1nc(-c2ccn(C)n2)nc(C(C)(C)C)c1I. The van der Waals surface area contributed by atoms with E-state index in [4.69, 9.17) is 4.98 Å². The smallest absolute Gasteiger partial charge is 0.182 e. The number of hydrogen-bond acceptors (Lipinski definition) is 4. The van der Waals surface area contributed by atoms with Crippen LogP contribution in [0.25, 0.3) is 11.5 Å². The fraction of sp³-hybridized carbons (Fsp3) is 0.533. The van der Waals surface area contributed by atoms with Crippen molar-refractivity contribution in [2.24, 2.45) is 7.05 Å². The number of halogens is 1. The average Bonchev–Trinajstić information content (AvgIpc) is 2.83. The van der Waals surface area contributed by atoms with Crippen LogP contribution in [0.5, 0.6) is 0 Å². The quantitative estimate of drug-likeness (QED) is 0.799. The molecule has 6 heteroatoms. The molecule has 0 aliphatic carbocycles. The number of aryl methyl sites for hydroxylation is 1. The Labute approximate surface area is 139 Å². The van der Waals surface area contributed by atoms with Crippen LogP contribution in [-0.4, -0.2) is 26.3 Å². The van der Waals surface area contributed by atoms with Gasteiger partial charge in [0.05, 0.1) is 9.26 Å². The first-order chi connectivity index (χ1) is 9.82. The minimum Gasteiger partial charge on any atom is -0.369 e. The van der Waals surface area contributed by atoms with Crippen LogP contribution in [0, 0.1) is 3.57 Å². The van der Waals surface area contributed by atoms with Crippen molar-refractivity contribution in [3.05, 3.63) is 21.5 Å². The second-order valence-electron chi connectivity index (χ2n) is 6.11. The van der Waals surface area contributed by atoms with E-state index in [9.17, 15) is 0 Å². The van der Waals surface area contributed by atoms with Crippen molar-refractivity contribution >= 4 is 28.4 Å². The molecule has 5 nitrogen and oxygen atoms in total. The topological polar surface area (TPSA) is 55.6 Å². The first-order valence-electron chi connectivity index (χ1n) is 7.15. The van der Waals surface area contributed by atoms with Crippen LogP contribution in [0.1, 0.15) is 39.8 Å². The molecule has 114 valence electrons. The van der Waals surface area contributed by atoms with Crippen molar-refractivity contribution < 1.29 is 0 Å². The highest BCUT2D eigenvalue weighted by molar-refractivity contribution is 14.1. The number of anilines is 1. The Kier molecular flexibility index (Phi) is 4.85. The largest absolute Gasteiger partial charge is 0.369 e. The molecule has 0 saturated carbocycles. The lowest BCUT2D eigenvalue weighted by atomic mass is 9.92. The van der Waals surface area contributed by atoms with E-state index in [0.717, 1.165) is 33.7 Å². The molecule has 21 heavy (non-hydrogen) atoms. The van der Waals surface area contributed by atoms with Crippen molar-refractivity contribution in [2.75, 3.05) is 11.9 Å². The highest BCUT2D eigenvalue weighted by Crippen LogP contribution is 2.31. The molecule has 0 amide bonds. The maximum absolute atomic E-state index is 4.76. The Morgan fingerprint density at radius 2 is 2.00 bits per heavy atom. The molecule has 2 aromatic rings. The second-order valence-corrected chi connectivity index (χ2v) is 7.19. The average molecular weight is 399 g/mol. The summed E-state index contributed by atoms with van der Waals surface area (Å²) in [6, 6.07) is 1.94. The van der Waals surface area contributed by atoms with Crippen molar-refractivity contribution in [3.8, 4) is 11.5 Å². The Hall–Kier alpha value is -1.18. The summed E-state index contributed by atoms with van der Waals surface area (Å²) in [6.07, 6.45) is 2.97. The Morgan fingerprint density at radius 1 is 1.29 bits per heavy atom. The molecule has 0 fully saturated rings. The van der Waals surface area contributed by atoms with Crippen molar-refractivity contribution in [1.82, 2.24) is 19.7 Å². The molecule has 0 aliphatic heterocycles. The van der Waals surface area contributed by atoms with E-state index in [1.807, 2.05) is 19.3 Å². The van der Waals surface area contributed by atoms with Gasteiger partial charge in [-0.25, -0.2) is 9.97 Å². The van der Waals surface area contributed by atoms with Crippen LogP contribution in [0.2, 0.25) is 0 Å². The highest BCUT2D eigenvalue weighted by Gasteiger charge is 2.24. The van der Waals surface area contributed by atoms with Gasteiger partial charge in [0.15, 0.2) is 5.82 Å². The van der Waals surface area contributed by atoms with Crippen LogP contribution in [0.3, 0.4) is 0 Å². The van der Waals surface area contributed by atoms with Crippen LogP contribution in [0.4, 0.5) is 5.82 Å². The lowest BCUT2D eigenvalue weighted by molar-refractivity contribution is 0.563. The lowest BCUT2D eigenvalue weighted by Crippen LogP contribution is -2.19. The van der Waals surface area contributed by atoms with Gasteiger partial charge in [-0.05, 0) is 35.1 Å². The zero-order valence-corrected chi connectivity index (χ0v) is 15.4. The standard InChI is InChI=1S/C15H22IN5/c1-6-8-17-14-11(16)12(15(2,3)4)18-13(19-14)10-7-9-21(5)20-10/h7,9H,6,8H2,1-5H3,(H,17,18,19). The van der Waals surface area contributed by atoms with Gasteiger partial charge in [-0.3, -0.25) is 4.68 Å². The fourth-order valence-corrected chi connectivity index (χ4v) is 3.19. The normalized spacial score (nSPS) is 11.7. The Morgan fingerprint density at radius 3 is 2.52 bits per heavy atom. The molecule has 2 aromatic heterocycles. The van der Waals surface area contributed by atoms with Crippen molar-refractivity contribution in [1.29, 1.82) is 0 Å². The molecule has 0 spiro atoms. The van der Waals surface area contributed by atoms with E-state index in [1.165, 1.54) is 0 Å². The van der Waals surface area contributed by atoms with E-state index < -0.39 is 0 Å². The van der Waals surface area contributed by atoms with Gasteiger partial charge in [0, 0.05) is 25.2 Å². The zero-order valence-electron chi connectivity index (χ0n) is 13.2. The zero-order chi connectivity index (χ0) is 15.6. The first kappa shape index (κ1) is 16.2. The van der Waals surface area contributed by atoms with Crippen LogP contribution < -0.4 is 5.32 Å². The predicted molar refractivity (Wildman–Crippen MR) is 94.4 cm³/mol. The summed E-state index contributed by atoms with van der Waals surface area (Å²) in [5.74, 6) is 1.58. The van der Waals surface area contributed by atoms with Gasteiger partial charge in [0.1, 0.15) is 11.5 Å². The molecule has 1 N–H and O–H groups in total. The third kappa shape index (κ3) is 3.72. The molecule has 0 aliphatic rings. The van der Waals surface area contributed by atoms with E-state index in [-0.39, 0.29) is 5.41 Å². The van der Waals surface area contributed by atoms with Gasteiger partial charge >= 0.3 is 0 Å². The molecule has 2 rings (SSSR count). The number of nitrogens with zero attached hydrogens (tertiary/aromatic N) is 4. The number of nitrogens with one attached hydrogen (secondary N) is 1. The van der Waals surface area contributed by atoms with Crippen LogP contribution >= 0.6 is 22.6 Å². The third-order valence-corrected chi connectivity index (χ3v) is 4.07. The Bertz CT molecular complexity index is 627.